The summed E-state index contributed by atoms with van der Waals surface area (Å²) in [6, 6.07) is 6.61. The Hall–Kier alpha value is -1.97. The predicted molar refractivity (Wildman–Crippen MR) is 75.0 cm³/mol. The Morgan fingerprint density at radius 2 is 2.11 bits per heavy atom. The molecule has 0 atom stereocenters. The quantitative estimate of drug-likeness (QED) is 0.860. The van der Waals surface area contributed by atoms with Gasteiger partial charge in [0, 0.05) is 31.5 Å². The van der Waals surface area contributed by atoms with Crippen LogP contribution in [0.15, 0.2) is 36.7 Å². The van der Waals surface area contributed by atoms with Crippen LogP contribution in [0.5, 0.6) is 5.75 Å². The Morgan fingerprint density at radius 1 is 1.26 bits per heavy atom. The first-order chi connectivity index (χ1) is 9.22. The molecule has 1 aromatic heterocycles. The molecule has 0 aliphatic carbocycles. The molecule has 19 heavy (non-hydrogen) atoms. The lowest BCUT2D eigenvalue weighted by atomic mass is 10.2. The zero-order valence-electron chi connectivity index (χ0n) is 11.3. The summed E-state index contributed by atoms with van der Waals surface area (Å²) in [6.07, 6.45) is 4.14. The Bertz CT molecular complexity index is 537. The van der Waals surface area contributed by atoms with Crippen LogP contribution in [0.25, 0.3) is 0 Å². The van der Waals surface area contributed by atoms with E-state index in [1.54, 1.807) is 6.07 Å². The summed E-state index contributed by atoms with van der Waals surface area (Å²) in [7, 11) is 0. The summed E-state index contributed by atoms with van der Waals surface area (Å²) in [5.74, 6) is 0.267. The van der Waals surface area contributed by atoms with Gasteiger partial charge in [0.2, 0.25) is 0 Å². The SMILES string of the molecule is CCOc1cc(F)ccc1NCc1ccn(CC)c1. The molecular formula is C15H19FN2O. The summed E-state index contributed by atoms with van der Waals surface area (Å²) in [4.78, 5) is 0. The van der Waals surface area contributed by atoms with E-state index < -0.39 is 0 Å². The maximum absolute atomic E-state index is 13.2. The summed E-state index contributed by atoms with van der Waals surface area (Å²) < 4.78 is 20.7. The number of aromatic nitrogens is 1. The number of halogens is 1. The van der Waals surface area contributed by atoms with E-state index in [9.17, 15) is 4.39 Å². The Kier molecular flexibility index (Phi) is 4.44. The summed E-state index contributed by atoms with van der Waals surface area (Å²) >= 11 is 0. The third-order valence-corrected chi connectivity index (χ3v) is 2.90. The van der Waals surface area contributed by atoms with E-state index in [0.29, 0.717) is 18.9 Å². The molecule has 0 unspecified atom stereocenters. The first kappa shape index (κ1) is 13.5. The maximum Gasteiger partial charge on any atom is 0.145 e. The van der Waals surface area contributed by atoms with Crippen LogP contribution in [0.4, 0.5) is 10.1 Å². The van der Waals surface area contributed by atoms with Crippen LogP contribution in [0, 0.1) is 5.82 Å². The zero-order chi connectivity index (χ0) is 13.7. The highest BCUT2D eigenvalue weighted by Crippen LogP contribution is 2.26. The first-order valence-corrected chi connectivity index (χ1v) is 6.53. The van der Waals surface area contributed by atoms with Crippen molar-refractivity contribution < 1.29 is 9.13 Å². The standard InChI is InChI=1S/C15H19FN2O/c1-3-18-8-7-12(11-18)10-17-14-6-5-13(16)9-15(14)19-4-2/h5-9,11,17H,3-4,10H2,1-2H3. The van der Waals surface area contributed by atoms with Gasteiger partial charge >= 0.3 is 0 Å². The lowest BCUT2D eigenvalue weighted by Crippen LogP contribution is -2.02. The Morgan fingerprint density at radius 3 is 2.79 bits per heavy atom. The third kappa shape index (κ3) is 3.50. The number of benzene rings is 1. The van der Waals surface area contributed by atoms with Gasteiger partial charge in [0.25, 0.3) is 0 Å². The molecule has 2 aromatic rings. The highest BCUT2D eigenvalue weighted by atomic mass is 19.1. The average molecular weight is 262 g/mol. The van der Waals surface area contributed by atoms with Crippen LogP contribution in [0.3, 0.4) is 0 Å². The minimum absolute atomic E-state index is 0.286. The van der Waals surface area contributed by atoms with Crippen molar-refractivity contribution in [2.75, 3.05) is 11.9 Å². The molecule has 2 rings (SSSR count). The van der Waals surface area contributed by atoms with Crippen molar-refractivity contribution in [3.63, 3.8) is 0 Å². The number of aryl methyl sites for hydroxylation is 1. The molecule has 1 heterocycles. The number of anilines is 1. The van der Waals surface area contributed by atoms with Crippen molar-refractivity contribution in [3.8, 4) is 5.75 Å². The second kappa shape index (κ2) is 6.27. The fourth-order valence-electron chi connectivity index (χ4n) is 1.91. The number of rotatable bonds is 6. The molecule has 0 saturated heterocycles. The highest BCUT2D eigenvalue weighted by Gasteiger charge is 2.05. The molecule has 0 fully saturated rings. The molecule has 1 aromatic carbocycles. The Labute approximate surface area is 113 Å². The number of hydrogen-bond acceptors (Lipinski definition) is 2. The van der Waals surface area contributed by atoms with Crippen molar-refractivity contribution in [3.05, 3.63) is 48.0 Å². The van der Waals surface area contributed by atoms with Gasteiger partial charge in [-0.1, -0.05) is 0 Å². The molecule has 0 aliphatic heterocycles. The van der Waals surface area contributed by atoms with Crippen LogP contribution in [0.2, 0.25) is 0 Å². The molecule has 0 radical (unpaired) electrons. The zero-order valence-corrected chi connectivity index (χ0v) is 11.3. The third-order valence-electron chi connectivity index (χ3n) is 2.90. The molecule has 3 nitrogen and oxygen atoms in total. The van der Waals surface area contributed by atoms with Crippen LogP contribution < -0.4 is 10.1 Å². The van der Waals surface area contributed by atoms with E-state index in [1.165, 1.54) is 17.7 Å². The van der Waals surface area contributed by atoms with Gasteiger partial charge in [0.05, 0.1) is 12.3 Å². The van der Waals surface area contributed by atoms with E-state index in [1.807, 2.05) is 13.1 Å². The maximum atomic E-state index is 13.2. The number of nitrogens with zero attached hydrogens (tertiary/aromatic N) is 1. The van der Waals surface area contributed by atoms with Crippen LogP contribution in [-0.4, -0.2) is 11.2 Å². The van der Waals surface area contributed by atoms with Crippen molar-refractivity contribution in [2.24, 2.45) is 0 Å². The van der Waals surface area contributed by atoms with Gasteiger partial charge in [-0.2, -0.15) is 0 Å². The average Bonchev–Trinajstić information content (AvgIpc) is 2.86. The van der Waals surface area contributed by atoms with E-state index >= 15 is 0 Å². The largest absolute Gasteiger partial charge is 0.492 e. The number of hydrogen-bond donors (Lipinski definition) is 1. The van der Waals surface area contributed by atoms with Crippen molar-refractivity contribution in [1.29, 1.82) is 0 Å². The minimum Gasteiger partial charge on any atom is -0.492 e. The monoisotopic (exact) mass is 262 g/mol. The van der Waals surface area contributed by atoms with Gasteiger partial charge in [-0.05, 0) is 37.6 Å². The summed E-state index contributed by atoms with van der Waals surface area (Å²) in [5, 5.41) is 3.27. The summed E-state index contributed by atoms with van der Waals surface area (Å²) in [5.41, 5.74) is 2.00. The van der Waals surface area contributed by atoms with Gasteiger partial charge in [0.15, 0.2) is 0 Å². The van der Waals surface area contributed by atoms with E-state index in [-0.39, 0.29) is 5.82 Å². The van der Waals surface area contributed by atoms with Gasteiger partial charge in [-0.25, -0.2) is 4.39 Å². The highest BCUT2D eigenvalue weighted by molar-refractivity contribution is 5.56. The number of nitrogens with one attached hydrogen (secondary N) is 1. The molecule has 102 valence electrons. The molecule has 0 bridgehead atoms. The molecule has 4 heteroatoms. The van der Waals surface area contributed by atoms with Crippen molar-refractivity contribution in [2.45, 2.75) is 26.9 Å². The smallest absolute Gasteiger partial charge is 0.145 e. The van der Waals surface area contributed by atoms with Crippen LogP contribution in [0.1, 0.15) is 19.4 Å². The van der Waals surface area contributed by atoms with Crippen LogP contribution >= 0.6 is 0 Å². The molecular weight excluding hydrogens is 243 g/mol. The summed E-state index contributed by atoms with van der Waals surface area (Å²) in [6.45, 7) is 6.16. The van der Waals surface area contributed by atoms with Crippen LogP contribution in [-0.2, 0) is 13.1 Å². The second-order valence-electron chi connectivity index (χ2n) is 4.28. The topological polar surface area (TPSA) is 26.2 Å². The van der Waals surface area contributed by atoms with E-state index in [4.69, 9.17) is 4.74 Å². The molecule has 0 amide bonds. The van der Waals surface area contributed by atoms with Gasteiger partial charge in [-0.3, -0.25) is 0 Å². The number of ether oxygens (including phenoxy) is 1. The molecule has 0 spiro atoms. The normalized spacial score (nSPS) is 10.5. The van der Waals surface area contributed by atoms with Crippen molar-refractivity contribution in [1.82, 2.24) is 4.57 Å². The van der Waals surface area contributed by atoms with Gasteiger partial charge in [0.1, 0.15) is 11.6 Å². The van der Waals surface area contributed by atoms with Crippen molar-refractivity contribution >= 4 is 5.69 Å². The first-order valence-electron chi connectivity index (χ1n) is 6.53. The molecule has 0 saturated carbocycles. The molecule has 1 N–H and O–H groups in total. The Balaban J connectivity index is 2.05. The van der Waals surface area contributed by atoms with E-state index in [2.05, 4.69) is 29.1 Å². The minimum atomic E-state index is -0.286. The lowest BCUT2D eigenvalue weighted by Gasteiger charge is -2.12. The fraction of sp³-hybridized carbons (Fsp3) is 0.333. The predicted octanol–water partition coefficient (Wildman–Crippen LogP) is 3.66. The molecule has 0 aliphatic rings. The van der Waals surface area contributed by atoms with E-state index in [0.717, 1.165) is 12.2 Å². The van der Waals surface area contributed by atoms with Gasteiger partial charge < -0.3 is 14.6 Å². The lowest BCUT2D eigenvalue weighted by molar-refractivity contribution is 0.340. The van der Waals surface area contributed by atoms with Gasteiger partial charge in [-0.15, -0.1) is 0 Å². The fourth-order valence-corrected chi connectivity index (χ4v) is 1.91. The second-order valence-corrected chi connectivity index (χ2v) is 4.28.